The van der Waals surface area contributed by atoms with Gasteiger partial charge in [-0.15, -0.1) is 11.8 Å². The number of anilines is 1. The standard InChI is InChI=1S/C11H14N2S/c12-11-7-6-10(8-13-11)14-9-4-2-1-3-5-9/h2,4,6-9H,1,3,5H2,(H2,12,13). The Hall–Kier alpha value is -0.960. The van der Waals surface area contributed by atoms with Crippen LogP contribution in [0.4, 0.5) is 5.82 Å². The Labute approximate surface area is 88.6 Å². The quantitative estimate of drug-likeness (QED) is 0.756. The van der Waals surface area contributed by atoms with Crippen molar-refractivity contribution < 1.29 is 0 Å². The molecule has 0 spiro atoms. The summed E-state index contributed by atoms with van der Waals surface area (Å²) in [5.41, 5.74) is 5.53. The number of nitrogen functional groups attached to an aromatic ring is 1. The Morgan fingerprint density at radius 3 is 3.00 bits per heavy atom. The van der Waals surface area contributed by atoms with Crippen LogP contribution in [0.25, 0.3) is 0 Å². The van der Waals surface area contributed by atoms with Crippen LogP contribution >= 0.6 is 11.8 Å². The molecule has 0 fully saturated rings. The molecule has 1 aliphatic carbocycles. The third kappa shape index (κ3) is 2.51. The van der Waals surface area contributed by atoms with E-state index in [1.807, 2.05) is 30.1 Å². The van der Waals surface area contributed by atoms with Gasteiger partial charge < -0.3 is 5.73 Å². The molecule has 1 aromatic rings. The molecule has 0 bridgehead atoms. The predicted molar refractivity (Wildman–Crippen MR) is 61.3 cm³/mol. The lowest BCUT2D eigenvalue weighted by Gasteiger charge is -2.15. The first-order valence-corrected chi connectivity index (χ1v) is 5.77. The maximum Gasteiger partial charge on any atom is 0.123 e. The summed E-state index contributed by atoms with van der Waals surface area (Å²) < 4.78 is 0. The zero-order valence-corrected chi connectivity index (χ0v) is 8.83. The molecule has 1 heterocycles. The summed E-state index contributed by atoms with van der Waals surface area (Å²) in [4.78, 5) is 5.28. The average molecular weight is 206 g/mol. The largest absolute Gasteiger partial charge is 0.384 e. The smallest absolute Gasteiger partial charge is 0.123 e. The van der Waals surface area contributed by atoms with Crippen molar-refractivity contribution in [3.8, 4) is 0 Å². The average Bonchev–Trinajstić information content (AvgIpc) is 2.23. The molecule has 2 nitrogen and oxygen atoms in total. The van der Waals surface area contributed by atoms with Crippen molar-refractivity contribution in [1.29, 1.82) is 0 Å². The third-order valence-electron chi connectivity index (χ3n) is 2.26. The molecule has 1 aromatic heterocycles. The van der Waals surface area contributed by atoms with Crippen LogP contribution in [-0.4, -0.2) is 10.2 Å². The van der Waals surface area contributed by atoms with Crippen LogP contribution in [-0.2, 0) is 0 Å². The Bertz CT molecular complexity index is 319. The summed E-state index contributed by atoms with van der Waals surface area (Å²) in [6.45, 7) is 0. The summed E-state index contributed by atoms with van der Waals surface area (Å²) in [5.74, 6) is 0.591. The lowest BCUT2D eigenvalue weighted by molar-refractivity contribution is 0.741. The number of hydrogen-bond donors (Lipinski definition) is 1. The highest BCUT2D eigenvalue weighted by Gasteiger charge is 2.09. The number of nitrogens with zero attached hydrogens (tertiary/aromatic N) is 1. The summed E-state index contributed by atoms with van der Waals surface area (Å²) in [6, 6.07) is 3.89. The first-order valence-electron chi connectivity index (χ1n) is 4.89. The van der Waals surface area contributed by atoms with Gasteiger partial charge in [0.1, 0.15) is 5.82 Å². The van der Waals surface area contributed by atoms with Gasteiger partial charge >= 0.3 is 0 Å². The van der Waals surface area contributed by atoms with E-state index in [0.29, 0.717) is 11.1 Å². The second-order valence-electron chi connectivity index (χ2n) is 3.43. The normalized spacial score (nSPS) is 21.0. The summed E-state index contributed by atoms with van der Waals surface area (Å²) >= 11 is 1.87. The van der Waals surface area contributed by atoms with Gasteiger partial charge in [0.2, 0.25) is 0 Å². The maximum absolute atomic E-state index is 5.53. The highest BCUT2D eigenvalue weighted by atomic mass is 32.2. The van der Waals surface area contributed by atoms with Crippen LogP contribution in [0.2, 0.25) is 0 Å². The van der Waals surface area contributed by atoms with Crippen LogP contribution in [0.15, 0.2) is 35.4 Å². The molecule has 14 heavy (non-hydrogen) atoms. The number of pyridine rings is 1. The second kappa shape index (κ2) is 4.51. The van der Waals surface area contributed by atoms with Gasteiger partial charge in [0.25, 0.3) is 0 Å². The highest BCUT2D eigenvalue weighted by molar-refractivity contribution is 8.00. The van der Waals surface area contributed by atoms with Gasteiger partial charge in [-0.2, -0.15) is 0 Å². The maximum atomic E-state index is 5.53. The first-order chi connectivity index (χ1) is 6.84. The Morgan fingerprint density at radius 2 is 2.36 bits per heavy atom. The number of nitrogens with two attached hydrogens (primary N) is 1. The molecular weight excluding hydrogens is 192 g/mol. The van der Waals surface area contributed by atoms with E-state index < -0.39 is 0 Å². The summed E-state index contributed by atoms with van der Waals surface area (Å²) in [7, 11) is 0. The molecule has 0 aliphatic heterocycles. The minimum absolute atomic E-state index is 0.591. The Kier molecular flexibility index (Phi) is 3.09. The number of thioether (sulfide) groups is 1. The minimum atomic E-state index is 0.591. The van der Waals surface area contributed by atoms with Crippen LogP contribution in [0, 0.1) is 0 Å². The van der Waals surface area contributed by atoms with E-state index in [2.05, 4.69) is 17.1 Å². The molecule has 0 amide bonds. The predicted octanol–water partition coefficient (Wildman–Crippen LogP) is 2.86. The number of rotatable bonds is 2. The van der Waals surface area contributed by atoms with Crippen molar-refractivity contribution in [1.82, 2.24) is 4.98 Å². The summed E-state index contributed by atoms with van der Waals surface area (Å²) in [6.07, 6.45) is 10.2. The van der Waals surface area contributed by atoms with Crippen molar-refractivity contribution in [2.75, 3.05) is 5.73 Å². The van der Waals surface area contributed by atoms with Crippen LogP contribution < -0.4 is 5.73 Å². The Morgan fingerprint density at radius 1 is 1.43 bits per heavy atom. The van der Waals surface area contributed by atoms with E-state index in [-0.39, 0.29) is 0 Å². The topological polar surface area (TPSA) is 38.9 Å². The molecule has 1 unspecified atom stereocenters. The molecule has 0 saturated heterocycles. The van der Waals surface area contributed by atoms with Crippen molar-refractivity contribution in [3.63, 3.8) is 0 Å². The van der Waals surface area contributed by atoms with Crippen LogP contribution in [0.3, 0.4) is 0 Å². The van der Waals surface area contributed by atoms with Crippen LogP contribution in [0.5, 0.6) is 0 Å². The molecule has 74 valence electrons. The van der Waals surface area contributed by atoms with Gasteiger partial charge in [0.15, 0.2) is 0 Å². The SMILES string of the molecule is Nc1ccc(SC2C=CCCC2)cn1. The second-order valence-corrected chi connectivity index (χ2v) is 4.75. The molecule has 0 aromatic carbocycles. The zero-order valence-electron chi connectivity index (χ0n) is 8.02. The van der Waals surface area contributed by atoms with Gasteiger partial charge in [-0.3, -0.25) is 0 Å². The summed E-state index contributed by atoms with van der Waals surface area (Å²) in [5, 5.41) is 0.620. The molecule has 1 aliphatic rings. The molecular formula is C11H14N2S. The van der Waals surface area contributed by atoms with Crippen molar-refractivity contribution in [2.45, 2.75) is 29.4 Å². The monoisotopic (exact) mass is 206 g/mol. The molecule has 1 atom stereocenters. The highest BCUT2D eigenvalue weighted by Crippen LogP contribution is 2.29. The van der Waals surface area contributed by atoms with Crippen molar-refractivity contribution >= 4 is 17.6 Å². The van der Waals surface area contributed by atoms with Gasteiger partial charge in [-0.25, -0.2) is 4.98 Å². The molecule has 2 N–H and O–H groups in total. The van der Waals surface area contributed by atoms with Crippen LogP contribution in [0.1, 0.15) is 19.3 Å². The van der Waals surface area contributed by atoms with Gasteiger partial charge in [-0.05, 0) is 31.4 Å². The van der Waals surface area contributed by atoms with Gasteiger partial charge in [-0.1, -0.05) is 12.2 Å². The zero-order chi connectivity index (χ0) is 9.80. The molecule has 2 rings (SSSR count). The lowest BCUT2D eigenvalue weighted by Crippen LogP contribution is -2.02. The van der Waals surface area contributed by atoms with Gasteiger partial charge in [0, 0.05) is 16.3 Å². The number of allylic oxidation sites excluding steroid dienone is 1. The van der Waals surface area contributed by atoms with Gasteiger partial charge in [0.05, 0.1) is 0 Å². The molecule has 0 saturated carbocycles. The fraction of sp³-hybridized carbons (Fsp3) is 0.364. The van der Waals surface area contributed by atoms with E-state index in [1.54, 1.807) is 0 Å². The third-order valence-corrected chi connectivity index (χ3v) is 3.47. The lowest BCUT2D eigenvalue weighted by atomic mass is 10.1. The first kappa shape index (κ1) is 9.59. The number of aromatic nitrogens is 1. The van der Waals surface area contributed by atoms with E-state index in [4.69, 9.17) is 5.73 Å². The molecule has 0 radical (unpaired) electrons. The van der Waals surface area contributed by atoms with E-state index in [9.17, 15) is 0 Å². The fourth-order valence-corrected chi connectivity index (χ4v) is 2.60. The van der Waals surface area contributed by atoms with Crippen molar-refractivity contribution in [2.24, 2.45) is 0 Å². The van der Waals surface area contributed by atoms with E-state index >= 15 is 0 Å². The fourth-order valence-electron chi connectivity index (χ4n) is 1.52. The van der Waals surface area contributed by atoms with E-state index in [1.165, 1.54) is 24.2 Å². The molecule has 3 heteroatoms. The minimum Gasteiger partial charge on any atom is -0.384 e. The Balaban J connectivity index is 1.99. The van der Waals surface area contributed by atoms with Crippen molar-refractivity contribution in [3.05, 3.63) is 30.5 Å². The van der Waals surface area contributed by atoms with E-state index in [0.717, 1.165) is 0 Å². The number of hydrogen-bond acceptors (Lipinski definition) is 3.